The van der Waals surface area contributed by atoms with Crippen molar-refractivity contribution in [3.8, 4) is 0 Å². The van der Waals surface area contributed by atoms with Crippen LogP contribution < -0.4 is 16.0 Å². The lowest BCUT2D eigenvalue weighted by atomic mass is 9.82. The molecule has 2 aromatic heterocycles. The number of aromatic nitrogens is 3. The van der Waals surface area contributed by atoms with Crippen LogP contribution in [0.4, 0.5) is 23.3 Å². The van der Waals surface area contributed by atoms with E-state index in [9.17, 15) is 9.90 Å². The van der Waals surface area contributed by atoms with E-state index >= 15 is 0 Å². The number of carbonyl (C=O) groups excluding carboxylic acids is 1. The number of benzene rings is 1. The van der Waals surface area contributed by atoms with Crippen molar-refractivity contribution in [2.45, 2.75) is 50.8 Å². The van der Waals surface area contributed by atoms with Crippen molar-refractivity contribution in [1.29, 1.82) is 0 Å². The molecule has 10 heteroatoms. The summed E-state index contributed by atoms with van der Waals surface area (Å²) in [5.41, 5.74) is 6.15. The SMILES string of the molecule is C=CCNC(=O)c1cnc(Nc2cc3c4c(c2)CN(C)CC4CN(C)C3)nc1Nc1ccc2c(n1)C(O)(CC)CC2. The summed E-state index contributed by atoms with van der Waals surface area (Å²) in [6, 6.07) is 8.23. The van der Waals surface area contributed by atoms with Gasteiger partial charge in [0, 0.05) is 50.5 Å². The molecule has 41 heavy (non-hydrogen) atoms. The van der Waals surface area contributed by atoms with Gasteiger partial charge in [-0.05, 0) is 73.8 Å². The van der Waals surface area contributed by atoms with Crippen LogP contribution in [0.25, 0.3) is 0 Å². The second-order valence-electron chi connectivity index (χ2n) is 11.6. The van der Waals surface area contributed by atoms with Crippen LogP contribution in [0, 0.1) is 0 Å². The molecular formula is C31H38N8O2. The van der Waals surface area contributed by atoms with Gasteiger partial charge < -0.3 is 30.9 Å². The predicted octanol–water partition coefficient (Wildman–Crippen LogP) is 3.79. The number of likely N-dealkylation sites (N-methyl/N-ethyl adjacent to an activating group) is 2. The van der Waals surface area contributed by atoms with E-state index in [0.717, 1.165) is 43.9 Å². The van der Waals surface area contributed by atoms with E-state index in [-0.39, 0.29) is 11.5 Å². The van der Waals surface area contributed by atoms with Crippen LogP contribution >= 0.6 is 0 Å². The molecule has 0 saturated carbocycles. The highest BCUT2D eigenvalue weighted by Crippen LogP contribution is 2.40. The minimum Gasteiger partial charge on any atom is -0.384 e. The maximum absolute atomic E-state index is 13.0. The maximum atomic E-state index is 13.0. The van der Waals surface area contributed by atoms with E-state index in [1.165, 1.54) is 22.9 Å². The third-order valence-corrected chi connectivity index (χ3v) is 8.46. The fourth-order valence-electron chi connectivity index (χ4n) is 6.52. The fraction of sp³-hybridized carbons (Fsp3) is 0.419. The van der Waals surface area contributed by atoms with E-state index in [2.05, 4.69) is 63.5 Å². The lowest BCUT2D eigenvalue weighted by Gasteiger charge is -2.40. The van der Waals surface area contributed by atoms with E-state index in [0.29, 0.717) is 48.6 Å². The number of nitrogens with zero attached hydrogens (tertiary/aromatic N) is 5. The number of carbonyl (C=O) groups is 1. The highest BCUT2D eigenvalue weighted by atomic mass is 16.3. The number of hydrogen-bond donors (Lipinski definition) is 4. The molecular weight excluding hydrogens is 516 g/mol. The Labute approximate surface area is 240 Å². The number of rotatable bonds is 8. The van der Waals surface area contributed by atoms with E-state index in [1.54, 1.807) is 6.08 Å². The molecule has 4 heterocycles. The van der Waals surface area contributed by atoms with Gasteiger partial charge in [0.05, 0.1) is 5.69 Å². The zero-order valence-electron chi connectivity index (χ0n) is 24.0. The first kappa shape index (κ1) is 27.3. The number of aryl methyl sites for hydroxylation is 1. The number of anilines is 4. The summed E-state index contributed by atoms with van der Waals surface area (Å²) in [4.78, 5) is 31.7. The molecule has 0 saturated heterocycles. The molecule has 1 amide bonds. The van der Waals surface area contributed by atoms with Crippen molar-refractivity contribution >= 4 is 29.2 Å². The van der Waals surface area contributed by atoms with Crippen molar-refractivity contribution in [3.63, 3.8) is 0 Å². The molecule has 2 aliphatic heterocycles. The van der Waals surface area contributed by atoms with Crippen molar-refractivity contribution < 1.29 is 9.90 Å². The van der Waals surface area contributed by atoms with E-state index in [4.69, 9.17) is 9.97 Å². The summed E-state index contributed by atoms with van der Waals surface area (Å²) >= 11 is 0. The number of nitrogens with one attached hydrogen (secondary N) is 3. The molecule has 0 radical (unpaired) electrons. The lowest BCUT2D eigenvalue weighted by Crippen LogP contribution is -2.40. The Balaban J connectivity index is 1.33. The Bertz CT molecular complexity index is 1470. The van der Waals surface area contributed by atoms with Gasteiger partial charge in [0.15, 0.2) is 0 Å². The van der Waals surface area contributed by atoms with Crippen LogP contribution in [0.5, 0.6) is 0 Å². The molecule has 1 aliphatic carbocycles. The Kier molecular flexibility index (Phi) is 7.23. The Morgan fingerprint density at radius 1 is 1.12 bits per heavy atom. The van der Waals surface area contributed by atoms with Crippen molar-refractivity contribution in [3.05, 3.63) is 76.6 Å². The Morgan fingerprint density at radius 2 is 1.85 bits per heavy atom. The van der Waals surface area contributed by atoms with Crippen molar-refractivity contribution in [2.75, 3.05) is 44.4 Å². The quantitative estimate of drug-likeness (QED) is 0.309. The van der Waals surface area contributed by atoms with Gasteiger partial charge >= 0.3 is 0 Å². The van der Waals surface area contributed by atoms with Gasteiger partial charge in [0.25, 0.3) is 5.91 Å². The molecule has 4 N–H and O–H groups in total. The minimum atomic E-state index is -0.941. The van der Waals surface area contributed by atoms with Crippen LogP contribution in [0.1, 0.15) is 64.0 Å². The minimum absolute atomic E-state index is 0.289. The van der Waals surface area contributed by atoms with Crippen LogP contribution in [-0.4, -0.2) is 69.5 Å². The molecule has 1 unspecified atom stereocenters. The van der Waals surface area contributed by atoms with E-state index in [1.807, 2.05) is 19.1 Å². The fourth-order valence-corrected chi connectivity index (χ4v) is 6.52. The zero-order chi connectivity index (χ0) is 28.7. The second-order valence-corrected chi connectivity index (χ2v) is 11.6. The van der Waals surface area contributed by atoms with Gasteiger partial charge in [0.2, 0.25) is 5.95 Å². The van der Waals surface area contributed by atoms with Crippen LogP contribution in [0.3, 0.4) is 0 Å². The van der Waals surface area contributed by atoms with Gasteiger partial charge in [-0.25, -0.2) is 9.97 Å². The average Bonchev–Trinajstić information content (AvgIpc) is 3.27. The van der Waals surface area contributed by atoms with Gasteiger partial charge in [-0.2, -0.15) is 4.98 Å². The maximum Gasteiger partial charge on any atom is 0.256 e. The van der Waals surface area contributed by atoms with E-state index < -0.39 is 5.60 Å². The molecule has 10 nitrogen and oxygen atoms in total. The smallest absolute Gasteiger partial charge is 0.256 e. The lowest BCUT2D eigenvalue weighted by molar-refractivity contribution is 0.0307. The Morgan fingerprint density at radius 3 is 2.54 bits per heavy atom. The first-order valence-electron chi connectivity index (χ1n) is 14.3. The third kappa shape index (κ3) is 5.30. The highest BCUT2D eigenvalue weighted by molar-refractivity contribution is 5.99. The number of fused-ring (bicyclic) bond motifs is 1. The molecule has 214 valence electrons. The molecule has 3 aromatic rings. The third-order valence-electron chi connectivity index (χ3n) is 8.46. The highest BCUT2D eigenvalue weighted by Gasteiger charge is 2.37. The summed E-state index contributed by atoms with van der Waals surface area (Å²) in [6.45, 7) is 9.91. The molecule has 1 aromatic carbocycles. The van der Waals surface area contributed by atoms with Gasteiger partial charge in [-0.3, -0.25) is 4.79 Å². The zero-order valence-corrected chi connectivity index (χ0v) is 24.0. The molecule has 0 bridgehead atoms. The number of amides is 1. The topological polar surface area (TPSA) is 119 Å². The molecule has 3 aliphatic rings. The van der Waals surface area contributed by atoms with Gasteiger partial charge in [-0.1, -0.05) is 19.1 Å². The van der Waals surface area contributed by atoms with Crippen LogP contribution in [0.2, 0.25) is 0 Å². The average molecular weight is 555 g/mol. The summed E-state index contributed by atoms with van der Waals surface area (Å²) < 4.78 is 0. The number of pyridine rings is 1. The summed E-state index contributed by atoms with van der Waals surface area (Å²) in [7, 11) is 4.34. The van der Waals surface area contributed by atoms with Crippen LogP contribution in [-0.2, 0) is 25.1 Å². The second kappa shape index (κ2) is 10.8. The van der Waals surface area contributed by atoms with Crippen molar-refractivity contribution in [1.82, 2.24) is 30.1 Å². The number of hydrogen-bond acceptors (Lipinski definition) is 9. The molecule has 6 rings (SSSR count). The summed E-state index contributed by atoms with van der Waals surface area (Å²) in [5, 5.41) is 20.5. The van der Waals surface area contributed by atoms with Crippen molar-refractivity contribution in [2.24, 2.45) is 0 Å². The monoisotopic (exact) mass is 554 g/mol. The summed E-state index contributed by atoms with van der Waals surface area (Å²) in [6.07, 6.45) is 5.17. The first-order chi connectivity index (χ1) is 19.8. The standard InChI is InChI=1S/C31H38N8O2/c1-5-11-32-29(40)24-14-33-30(37-28(24)36-25-8-7-19-9-10-31(41,6-2)27(19)35-25)34-23-12-20-15-38(3)17-22-18-39(4)16-21(13-23)26(20)22/h5,7-8,12-14,22,41H,1,6,9-11,15-18H2,2-4H3,(H,32,40)(H2,33,34,35,36,37). The molecule has 0 spiro atoms. The Hall–Kier alpha value is -3.86. The molecule has 1 atom stereocenters. The van der Waals surface area contributed by atoms with Gasteiger partial charge in [-0.15, -0.1) is 6.58 Å². The largest absolute Gasteiger partial charge is 0.384 e. The normalized spacial score (nSPS) is 20.3. The van der Waals surface area contributed by atoms with Crippen LogP contribution in [0.15, 0.2) is 43.1 Å². The number of aliphatic hydroxyl groups is 1. The first-order valence-corrected chi connectivity index (χ1v) is 14.3. The van der Waals surface area contributed by atoms with Gasteiger partial charge in [0.1, 0.15) is 22.8 Å². The predicted molar refractivity (Wildman–Crippen MR) is 160 cm³/mol. The summed E-state index contributed by atoms with van der Waals surface area (Å²) in [5.74, 6) is 1.40. The molecule has 0 fully saturated rings.